The topological polar surface area (TPSA) is 58.9 Å². The molecule has 6 nitrogen and oxygen atoms in total. The van der Waals surface area contributed by atoms with Crippen molar-refractivity contribution in [1.29, 1.82) is 0 Å². The summed E-state index contributed by atoms with van der Waals surface area (Å²) in [5.41, 5.74) is 2.89. The average Bonchev–Trinajstić information content (AvgIpc) is 3.20. The fourth-order valence-corrected chi connectivity index (χ4v) is 3.29. The van der Waals surface area contributed by atoms with Gasteiger partial charge in [-0.25, -0.2) is 0 Å². The standard InChI is InChI=1S/C17H19ClN6/c1-11-9-12(18)5-6-14(11)20-15-13-10-19-23(2)16(13)22-17(21-15)24-7-3-4-8-24/h5-6,9-10H,3-4,7-8H2,1-2H3,(H,20,21,22). The van der Waals surface area contributed by atoms with E-state index in [0.717, 1.165) is 52.2 Å². The number of halogens is 1. The van der Waals surface area contributed by atoms with E-state index < -0.39 is 0 Å². The molecule has 0 bridgehead atoms. The van der Waals surface area contributed by atoms with Gasteiger partial charge in [0.25, 0.3) is 0 Å². The Kier molecular flexibility index (Phi) is 3.76. The minimum atomic E-state index is 0.727. The highest BCUT2D eigenvalue weighted by Crippen LogP contribution is 2.29. The van der Waals surface area contributed by atoms with E-state index in [2.05, 4.69) is 15.3 Å². The number of aromatic nitrogens is 4. The molecular weight excluding hydrogens is 324 g/mol. The molecule has 0 amide bonds. The molecule has 124 valence electrons. The molecule has 24 heavy (non-hydrogen) atoms. The predicted octanol–water partition coefficient (Wildman–Crippen LogP) is 3.67. The molecule has 1 aliphatic rings. The Hall–Kier alpha value is -2.34. The minimum Gasteiger partial charge on any atom is -0.341 e. The molecule has 3 heterocycles. The molecule has 0 radical (unpaired) electrons. The molecule has 0 unspecified atom stereocenters. The van der Waals surface area contributed by atoms with E-state index in [-0.39, 0.29) is 0 Å². The Morgan fingerprint density at radius 1 is 1.17 bits per heavy atom. The van der Waals surface area contributed by atoms with Crippen molar-refractivity contribution in [3.05, 3.63) is 35.0 Å². The van der Waals surface area contributed by atoms with Crippen LogP contribution in [0.4, 0.5) is 17.5 Å². The Labute approximate surface area is 145 Å². The fourth-order valence-electron chi connectivity index (χ4n) is 3.06. The monoisotopic (exact) mass is 342 g/mol. The highest BCUT2D eigenvalue weighted by molar-refractivity contribution is 6.30. The molecule has 4 rings (SSSR count). The number of nitrogens with one attached hydrogen (secondary N) is 1. The summed E-state index contributed by atoms with van der Waals surface area (Å²) in [6.07, 6.45) is 4.17. The third kappa shape index (κ3) is 2.67. The van der Waals surface area contributed by atoms with Gasteiger partial charge in [0.05, 0.1) is 11.6 Å². The van der Waals surface area contributed by atoms with Crippen molar-refractivity contribution in [1.82, 2.24) is 19.7 Å². The number of nitrogens with zero attached hydrogens (tertiary/aromatic N) is 5. The van der Waals surface area contributed by atoms with Crippen LogP contribution in [0.25, 0.3) is 11.0 Å². The number of hydrogen-bond donors (Lipinski definition) is 1. The summed E-state index contributed by atoms with van der Waals surface area (Å²) in [4.78, 5) is 11.7. The van der Waals surface area contributed by atoms with Gasteiger partial charge >= 0.3 is 0 Å². The van der Waals surface area contributed by atoms with Gasteiger partial charge in [-0.15, -0.1) is 0 Å². The maximum Gasteiger partial charge on any atom is 0.229 e. The van der Waals surface area contributed by atoms with Gasteiger partial charge in [-0.2, -0.15) is 15.1 Å². The van der Waals surface area contributed by atoms with Crippen molar-refractivity contribution < 1.29 is 0 Å². The second-order valence-corrected chi connectivity index (χ2v) is 6.59. The van der Waals surface area contributed by atoms with Crippen molar-refractivity contribution >= 4 is 40.1 Å². The van der Waals surface area contributed by atoms with E-state index in [9.17, 15) is 0 Å². The van der Waals surface area contributed by atoms with Gasteiger partial charge in [-0.05, 0) is 43.5 Å². The first-order valence-electron chi connectivity index (χ1n) is 8.10. The third-order valence-corrected chi connectivity index (χ3v) is 4.65. The molecule has 3 aromatic rings. The van der Waals surface area contributed by atoms with Crippen molar-refractivity contribution in [3.63, 3.8) is 0 Å². The molecule has 1 N–H and O–H groups in total. The Morgan fingerprint density at radius 3 is 2.71 bits per heavy atom. The van der Waals surface area contributed by atoms with E-state index in [1.54, 1.807) is 10.9 Å². The second kappa shape index (κ2) is 5.94. The highest BCUT2D eigenvalue weighted by atomic mass is 35.5. The summed E-state index contributed by atoms with van der Waals surface area (Å²) in [6, 6.07) is 5.78. The lowest BCUT2D eigenvalue weighted by molar-refractivity contribution is 0.782. The zero-order valence-corrected chi connectivity index (χ0v) is 14.5. The van der Waals surface area contributed by atoms with Crippen LogP contribution >= 0.6 is 11.6 Å². The zero-order valence-electron chi connectivity index (χ0n) is 13.8. The first-order valence-corrected chi connectivity index (χ1v) is 8.47. The van der Waals surface area contributed by atoms with Crippen molar-refractivity contribution in [3.8, 4) is 0 Å². The van der Waals surface area contributed by atoms with E-state index in [1.807, 2.05) is 32.2 Å². The van der Waals surface area contributed by atoms with Gasteiger partial charge in [-0.1, -0.05) is 11.6 Å². The zero-order chi connectivity index (χ0) is 16.7. The number of anilines is 3. The summed E-state index contributed by atoms with van der Waals surface area (Å²) in [5, 5.41) is 9.41. The van der Waals surface area contributed by atoms with Crippen molar-refractivity contribution in [2.45, 2.75) is 19.8 Å². The molecule has 0 saturated carbocycles. The fraction of sp³-hybridized carbons (Fsp3) is 0.353. The number of aryl methyl sites for hydroxylation is 2. The van der Waals surface area contributed by atoms with Crippen LogP contribution in [-0.2, 0) is 7.05 Å². The summed E-state index contributed by atoms with van der Waals surface area (Å²) in [6.45, 7) is 4.03. The molecule has 1 saturated heterocycles. The normalized spacial score (nSPS) is 14.5. The molecule has 0 aliphatic carbocycles. The Bertz CT molecular complexity index is 897. The van der Waals surface area contributed by atoms with Crippen LogP contribution in [0, 0.1) is 6.92 Å². The van der Waals surface area contributed by atoms with Crippen LogP contribution in [0.3, 0.4) is 0 Å². The van der Waals surface area contributed by atoms with E-state index >= 15 is 0 Å². The van der Waals surface area contributed by atoms with Crippen LogP contribution in [0.15, 0.2) is 24.4 Å². The van der Waals surface area contributed by atoms with Gasteiger partial charge in [0.15, 0.2) is 5.65 Å². The maximum atomic E-state index is 6.06. The SMILES string of the molecule is Cc1cc(Cl)ccc1Nc1nc(N2CCCC2)nc2c1cnn2C. The lowest BCUT2D eigenvalue weighted by Crippen LogP contribution is -2.21. The summed E-state index contributed by atoms with van der Waals surface area (Å²) in [7, 11) is 1.90. The molecule has 0 atom stereocenters. The predicted molar refractivity (Wildman–Crippen MR) is 97.2 cm³/mol. The van der Waals surface area contributed by atoms with Crippen molar-refractivity contribution in [2.75, 3.05) is 23.3 Å². The van der Waals surface area contributed by atoms with E-state index in [4.69, 9.17) is 21.6 Å². The minimum absolute atomic E-state index is 0.727. The highest BCUT2D eigenvalue weighted by Gasteiger charge is 2.19. The smallest absolute Gasteiger partial charge is 0.229 e. The number of hydrogen-bond acceptors (Lipinski definition) is 5. The molecule has 7 heteroatoms. The van der Waals surface area contributed by atoms with Gasteiger partial charge in [-0.3, -0.25) is 4.68 Å². The summed E-state index contributed by atoms with van der Waals surface area (Å²) in [5.74, 6) is 1.54. The lowest BCUT2D eigenvalue weighted by Gasteiger charge is -2.17. The van der Waals surface area contributed by atoms with Gasteiger partial charge in [0.2, 0.25) is 5.95 Å². The van der Waals surface area contributed by atoms with E-state index in [1.165, 1.54) is 12.8 Å². The van der Waals surface area contributed by atoms with Crippen LogP contribution < -0.4 is 10.2 Å². The van der Waals surface area contributed by atoms with Crippen LogP contribution in [0.5, 0.6) is 0 Å². The van der Waals surface area contributed by atoms with Gasteiger partial charge in [0, 0.05) is 30.8 Å². The Balaban J connectivity index is 1.80. The second-order valence-electron chi connectivity index (χ2n) is 6.16. The van der Waals surface area contributed by atoms with Crippen LogP contribution in [-0.4, -0.2) is 32.8 Å². The summed E-state index contributed by atoms with van der Waals surface area (Å²) < 4.78 is 1.79. The molecular formula is C17H19ClN6. The number of fused-ring (bicyclic) bond motifs is 1. The van der Waals surface area contributed by atoms with Crippen LogP contribution in [0.1, 0.15) is 18.4 Å². The third-order valence-electron chi connectivity index (χ3n) is 4.41. The first-order chi connectivity index (χ1) is 11.6. The lowest BCUT2D eigenvalue weighted by atomic mass is 10.2. The van der Waals surface area contributed by atoms with Crippen LogP contribution in [0.2, 0.25) is 5.02 Å². The van der Waals surface area contributed by atoms with E-state index in [0.29, 0.717) is 0 Å². The Morgan fingerprint density at radius 2 is 1.96 bits per heavy atom. The van der Waals surface area contributed by atoms with Crippen molar-refractivity contribution in [2.24, 2.45) is 7.05 Å². The average molecular weight is 343 g/mol. The largest absolute Gasteiger partial charge is 0.341 e. The number of rotatable bonds is 3. The molecule has 1 aliphatic heterocycles. The van der Waals surface area contributed by atoms with Gasteiger partial charge in [0.1, 0.15) is 5.82 Å². The molecule has 1 aromatic carbocycles. The molecule has 2 aromatic heterocycles. The van der Waals surface area contributed by atoms with Gasteiger partial charge < -0.3 is 10.2 Å². The number of benzene rings is 1. The quantitative estimate of drug-likeness (QED) is 0.787. The molecule has 0 spiro atoms. The maximum absolute atomic E-state index is 6.06. The first kappa shape index (κ1) is 15.2. The molecule has 1 fully saturated rings. The summed E-state index contributed by atoms with van der Waals surface area (Å²) >= 11 is 6.06.